The Morgan fingerprint density at radius 2 is 0.979 bits per heavy atom. The summed E-state index contributed by atoms with van der Waals surface area (Å²) in [7, 11) is 0. The molecule has 0 spiro atoms. The summed E-state index contributed by atoms with van der Waals surface area (Å²) in [5.74, 6) is 0. The third-order valence-corrected chi connectivity index (χ3v) is 10.4. The van der Waals surface area contributed by atoms with Crippen molar-refractivity contribution in [2.75, 3.05) is 4.90 Å². The highest BCUT2D eigenvalue weighted by molar-refractivity contribution is 7.25. The van der Waals surface area contributed by atoms with Crippen LogP contribution in [0.25, 0.3) is 64.3 Å². The molecule has 0 bridgehead atoms. The van der Waals surface area contributed by atoms with E-state index in [4.69, 9.17) is 0 Å². The summed E-state index contributed by atoms with van der Waals surface area (Å²) < 4.78 is 2.66. The van der Waals surface area contributed by atoms with Gasteiger partial charge in [-0.15, -0.1) is 11.3 Å². The van der Waals surface area contributed by atoms with Gasteiger partial charge in [0.15, 0.2) is 0 Å². The van der Waals surface area contributed by atoms with Crippen molar-refractivity contribution in [3.63, 3.8) is 0 Å². The molecular formula is C46H31NS. The molecule has 0 fully saturated rings. The maximum atomic E-state index is 2.40. The Balaban J connectivity index is 1.18. The third-order valence-electron chi connectivity index (χ3n) is 9.27. The van der Waals surface area contributed by atoms with Crippen molar-refractivity contribution in [2.45, 2.75) is 0 Å². The highest BCUT2D eigenvalue weighted by Gasteiger charge is 2.18. The fourth-order valence-electron chi connectivity index (χ4n) is 6.96. The molecule has 1 aromatic heterocycles. The van der Waals surface area contributed by atoms with Crippen LogP contribution in [0.15, 0.2) is 188 Å². The molecule has 0 atom stereocenters. The molecular weight excluding hydrogens is 599 g/mol. The van der Waals surface area contributed by atoms with Gasteiger partial charge in [-0.05, 0) is 87.1 Å². The van der Waals surface area contributed by atoms with Crippen molar-refractivity contribution in [1.82, 2.24) is 0 Å². The fraction of sp³-hybridized carbons (Fsp3) is 0. The summed E-state index contributed by atoms with van der Waals surface area (Å²) in [6.45, 7) is 0. The first kappa shape index (κ1) is 28.3. The number of hydrogen-bond donors (Lipinski definition) is 0. The van der Waals surface area contributed by atoms with E-state index in [9.17, 15) is 0 Å². The van der Waals surface area contributed by atoms with Crippen LogP contribution in [0.2, 0.25) is 0 Å². The van der Waals surface area contributed by atoms with Gasteiger partial charge in [-0.25, -0.2) is 0 Å². The van der Waals surface area contributed by atoms with E-state index in [2.05, 4.69) is 193 Å². The monoisotopic (exact) mass is 629 g/mol. The molecule has 0 N–H and O–H groups in total. The Morgan fingerprint density at radius 1 is 0.333 bits per heavy atom. The summed E-state index contributed by atoms with van der Waals surface area (Å²) in [5.41, 5.74) is 10.6. The van der Waals surface area contributed by atoms with E-state index < -0.39 is 0 Å². The minimum atomic E-state index is 1.11. The smallest absolute Gasteiger partial charge is 0.0540 e. The lowest BCUT2D eigenvalue weighted by Gasteiger charge is -2.28. The summed E-state index contributed by atoms with van der Waals surface area (Å²) in [6, 6.07) is 68.2. The fourth-order valence-corrected chi connectivity index (χ4v) is 8.04. The zero-order valence-electron chi connectivity index (χ0n) is 26.3. The molecule has 48 heavy (non-hydrogen) atoms. The van der Waals surface area contributed by atoms with Crippen molar-refractivity contribution in [3.8, 4) is 33.4 Å². The van der Waals surface area contributed by atoms with Gasteiger partial charge >= 0.3 is 0 Å². The van der Waals surface area contributed by atoms with Crippen LogP contribution in [-0.2, 0) is 0 Å². The average molecular weight is 630 g/mol. The van der Waals surface area contributed by atoms with Crippen molar-refractivity contribution in [1.29, 1.82) is 0 Å². The molecule has 0 aliphatic heterocycles. The number of benzene rings is 8. The number of rotatable bonds is 6. The predicted molar refractivity (Wildman–Crippen MR) is 208 cm³/mol. The lowest BCUT2D eigenvalue weighted by atomic mass is 9.97. The van der Waals surface area contributed by atoms with E-state index in [1.165, 1.54) is 64.3 Å². The second-order valence-electron chi connectivity index (χ2n) is 12.2. The Hall–Kier alpha value is -5.96. The number of para-hydroxylation sites is 1. The van der Waals surface area contributed by atoms with Gasteiger partial charge in [-0.2, -0.15) is 0 Å². The molecule has 0 aliphatic rings. The zero-order valence-corrected chi connectivity index (χ0v) is 27.1. The summed E-state index contributed by atoms with van der Waals surface area (Å²) >= 11 is 1.86. The Bertz CT molecular complexity index is 2560. The minimum absolute atomic E-state index is 1.11. The molecule has 9 aromatic rings. The van der Waals surface area contributed by atoms with Crippen molar-refractivity contribution < 1.29 is 0 Å². The van der Waals surface area contributed by atoms with Crippen LogP contribution in [0.4, 0.5) is 17.1 Å². The van der Waals surface area contributed by atoms with Crippen LogP contribution in [-0.4, -0.2) is 0 Å². The van der Waals surface area contributed by atoms with E-state index >= 15 is 0 Å². The molecule has 226 valence electrons. The number of nitrogens with zero attached hydrogens (tertiary/aromatic N) is 1. The van der Waals surface area contributed by atoms with Crippen LogP contribution < -0.4 is 4.90 Å². The van der Waals surface area contributed by atoms with Crippen molar-refractivity contribution in [3.05, 3.63) is 188 Å². The van der Waals surface area contributed by atoms with Crippen LogP contribution in [0.5, 0.6) is 0 Å². The van der Waals surface area contributed by atoms with Gasteiger partial charge in [-0.1, -0.05) is 140 Å². The quantitative estimate of drug-likeness (QED) is 0.177. The predicted octanol–water partition coefficient (Wildman–Crippen LogP) is 13.7. The summed E-state index contributed by atoms with van der Waals surface area (Å²) in [4.78, 5) is 2.40. The van der Waals surface area contributed by atoms with Gasteiger partial charge in [0, 0.05) is 37.1 Å². The minimum Gasteiger partial charge on any atom is -0.310 e. The largest absolute Gasteiger partial charge is 0.310 e. The highest BCUT2D eigenvalue weighted by Crippen LogP contribution is 2.43. The molecule has 9 rings (SSSR count). The average Bonchev–Trinajstić information content (AvgIpc) is 3.54. The third kappa shape index (κ3) is 5.04. The molecule has 0 unspecified atom stereocenters. The van der Waals surface area contributed by atoms with E-state index in [1.807, 2.05) is 11.3 Å². The molecule has 2 heteroatoms. The molecule has 1 nitrogen and oxygen atoms in total. The maximum absolute atomic E-state index is 2.40. The van der Waals surface area contributed by atoms with Crippen LogP contribution in [0.3, 0.4) is 0 Å². The topological polar surface area (TPSA) is 3.24 Å². The molecule has 0 radical (unpaired) electrons. The molecule has 0 saturated heterocycles. The SMILES string of the molecule is c1ccc(-c2ccccc2N(c2ccc(-c3ccc4sc5ccccc5c4c3)cc2)c2cccc(-c3cccc4ccccc34)c2)cc1. The van der Waals surface area contributed by atoms with Gasteiger partial charge in [-0.3, -0.25) is 0 Å². The van der Waals surface area contributed by atoms with Crippen LogP contribution in [0, 0.1) is 0 Å². The highest BCUT2D eigenvalue weighted by atomic mass is 32.1. The Kier molecular flexibility index (Phi) is 7.07. The molecule has 0 aliphatic carbocycles. The first-order valence-electron chi connectivity index (χ1n) is 16.3. The lowest BCUT2D eigenvalue weighted by molar-refractivity contribution is 1.28. The number of fused-ring (bicyclic) bond motifs is 4. The van der Waals surface area contributed by atoms with E-state index in [0.717, 1.165) is 17.1 Å². The second-order valence-corrected chi connectivity index (χ2v) is 13.2. The lowest BCUT2D eigenvalue weighted by Crippen LogP contribution is -2.11. The molecule has 1 heterocycles. The number of hydrogen-bond acceptors (Lipinski definition) is 2. The molecule has 0 amide bonds. The molecule has 8 aromatic carbocycles. The number of anilines is 3. The van der Waals surface area contributed by atoms with Crippen molar-refractivity contribution >= 4 is 59.3 Å². The van der Waals surface area contributed by atoms with E-state index in [1.54, 1.807) is 0 Å². The van der Waals surface area contributed by atoms with Gasteiger partial charge in [0.2, 0.25) is 0 Å². The van der Waals surface area contributed by atoms with Gasteiger partial charge in [0.1, 0.15) is 0 Å². The number of thiophene rings is 1. The first-order valence-corrected chi connectivity index (χ1v) is 17.2. The Morgan fingerprint density at radius 3 is 1.88 bits per heavy atom. The normalized spacial score (nSPS) is 11.3. The van der Waals surface area contributed by atoms with Crippen molar-refractivity contribution in [2.24, 2.45) is 0 Å². The zero-order chi connectivity index (χ0) is 31.9. The van der Waals surface area contributed by atoms with Gasteiger partial charge < -0.3 is 4.90 Å². The summed E-state index contributed by atoms with van der Waals surface area (Å²) in [6.07, 6.45) is 0. The van der Waals surface area contributed by atoms with Gasteiger partial charge in [0.05, 0.1) is 5.69 Å². The first-order chi connectivity index (χ1) is 23.8. The maximum Gasteiger partial charge on any atom is 0.0540 e. The van der Waals surface area contributed by atoms with Crippen LogP contribution in [0.1, 0.15) is 0 Å². The Labute approximate surface area is 284 Å². The second kappa shape index (κ2) is 12.0. The van der Waals surface area contributed by atoms with Gasteiger partial charge in [0.25, 0.3) is 0 Å². The standard InChI is InChI=1S/C46H31NS/c1-2-12-34(13-3-1)41-19-6-8-22-44(41)47(38-17-10-16-36(30-38)40-21-11-15-33-14-4-5-18-39(33)40)37-27-24-32(25-28-37)35-26-29-46-43(31-35)42-20-7-9-23-45(42)48-46/h1-31H. The van der Waals surface area contributed by atoms with E-state index in [0.29, 0.717) is 0 Å². The van der Waals surface area contributed by atoms with E-state index in [-0.39, 0.29) is 0 Å². The molecule has 0 saturated carbocycles. The summed E-state index contributed by atoms with van der Waals surface area (Å²) in [5, 5.41) is 5.15. The van der Waals surface area contributed by atoms with Crippen LogP contribution >= 0.6 is 11.3 Å².